The molecule has 0 aliphatic heterocycles. The van der Waals surface area contributed by atoms with Crippen molar-refractivity contribution in [1.29, 1.82) is 0 Å². The first-order valence-electron chi connectivity index (χ1n) is 6.80. The van der Waals surface area contributed by atoms with Crippen molar-refractivity contribution in [3.8, 4) is 5.82 Å². The van der Waals surface area contributed by atoms with Gasteiger partial charge in [0.2, 0.25) is 0 Å². The Balaban J connectivity index is 1.73. The number of hydrogen-bond donors (Lipinski definition) is 2. The lowest BCUT2D eigenvalue weighted by molar-refractivity contribution is 0.0916. The molecule has 0 radical (unpaired) electrons. The van der Waals surface area contributed by atoms with Crippen molar-refractivity contribution >= 4 is 17.2 Å². The predicted molar refractivity (Wildman–Crippen MR) is 84.1 cm³/mol. The Bertz CT molecular complexity index is 747. The number of hydrogen-bond acceptors (Lipinski definition) is 4. The number of aromatic nitrogens is 3. The second-order valence-corrected chi connectivity index (χ2v) is 5.66. The fourth-order valence-corrected chi connectivity index (χ4v) is 2.95. The average Bonchev–Trinajstić information content (AvgIpc) is 3.24. The number of rotatable bonds is 5. The smallest absolute Gasteiger partial charge is 0.256 e. The largest absolute Gasteiger partial charge is 0.387 e. The Morgan fingerprint density at radius 2 is 2.23 bits per heavy atom. The summed E-state index contributed by atoms with van der Waals surface area (Å²) in [5, 5.41) is 20.7. The van der Waals surface area contributed by atoms with Gasteiger partial charge in [0.05, 0.1) is 12.3 Å². The van der Waals surface area contributed by atoms with Crippen molar-refractivity contribution in [2.24, 2.45) is 7.05 Å². The van der Waals surface area contributed by atoms with Gasteiger partial charge in [0.25, 0.3) is 5.91 Å². The molecule has 0 aliphatic carbocycles. The molecule has 0 unspecified atom stereocenters. The average molecular weight is 316 g/mol. The number of carbonyl (C=O) groups excluding carboxylic acids is 1. The zero-order valence-corrected chi connectivity index (χ0v) is 12.8. The number of nitrogens with one attached hydrogen (secondary N) is 1. The number of aryl methyl sites for hydroxylation is 1. The van der Waals surface area contributed by atoms with Crippen LogP contribution in [0.4, 0.5) is 0 Å². The molecule has 3 aromatic rings. The van der Waals surface area contributed by atoms with Crippen molar-refractivity contribution in [2.75, 3.05) is 6.54 Å². The van der Waals surface area contributed by atoms with Gasteiger partial charge in [-0.05, 0) is 34.5 Å². The normalized spacial score (nSPS) is 12.3. The van der Waals surface area contributed by atoms with E-state index >= 15 is 0 Å². The molecule has 1 amide bonds. The van der Waals surface area contributed by atoms with Crippen molar-refractivity contribution in [2.45, 2.75) is 6.10 Å². The molecule has 0 spiro atoms. The van der Waals surface area contributed by atoms with E-state index in [-0.39, 0.29) is 12.5 Å². The maximum Gasteiger partial charge on any atom is 0.256 e. The minimum absolute atomic E-state index is 0.162. The van der Waals surface area contributed by atoms with E-state index in [1.165, 1.54) is 17.5 Å². The molecular weight excluding hydrogens is 300 g/mol. The Kier molecular flexibility index (Phi) is 4.08. The number of thiophene rings is 1. The maximum atomic E-state index is 12.4. The molecule has 6 nitrogen and oxygen atoms in total. The molecule has 0 bridgehead atoms. The Morgan fingerprint density at radius 3 is 2.91 bits per heavy atom. The molecule has 0 fully saturated rings. The van der Waals surface area contributed by atoms with Crippen LogP contribution in [0.25, 0.3) is 5.82 Å². The monoisotopic (exact) mass is 316 g/mol. The summed E-state index contributed by atoms with van der Waals surface area (Å²) >= 11 is 1.51. The zero-order chi connectivity index (χ0) is 15.5. The minimum atomic E-state index is -0.707. The van der Waals surface area contributed by atoms with E-state index in [1.54, 1.807) is 11.7 Å². The topological polar surface area (TPSA) is 72.1 Å². The van der Waals surface area contributed by atoms with Gasteiger partial charge in [-0.3, -0.25) is 9.48 Å². The fourth-order valence-electron chi connectivity index (χ4n) is 2.24. The summed E-state index contributed by atoms with van der Waals surface area (Å²) in [5.74, 6) is 0.429. The summed E-state index contributed by atoms with van der Waals surface area (Å²) < 4.78 is 3.47. The van der Waals surface area contributed by atoms with Crippen molar-refractivity contribution in [3.63, 3.8) is 0 Å². The number of amides is 1. The third-order valence-corrected chi connectivity index (χ3v) is 4.09. The highest BCUT2D eigenvalue weighted by Crippen LogP contribution is 2.17. The van der Waals surface area contributed by atoms with Crippen molar-refractivity contribution in [3.05, 3.63) is 58.7 Å². The molecule has 0 saturated carbocycles. The van der Waals surface area contributed by atoms with Crippen LogP contribution >= 0.6 is 11.3 Å². The van der Waals surface area contributed by atoms with Crippen LogP contribution in [0.2, 0.25) is 0 Å². The first-order chi connectivity index (χ1) is 10.7. The molecule has 3 rings (SSSR count). The van der Waals surface area contributed by atoms with E-state index in [4.69, 9.17) is 0 Å². The van der Waals surface area contributed by atoms with E-state index in [2.05, 4.69) is 10.4 Å². The molecule has 114 valence electrons. The lowest BCUT2D eigenvalue weighted by Gasteiger charge is -2.11. The van der Waals surface area contributed by atoms with Crippen LogP contribution in [0.1, 0.15) is 22.0 Å². The van der Waals surface area contributed by atoms with Gasteiger partial charge in [-0.25, -0.2) is 0 Å². The van der Waals surface area contributed by atoms with Gasteiger partial charge in [0.15, 0.2) is 0 Å². The highest BCUT2D eigenvalue weighted by Gasteiger charge is 2.18. The molecule has 22 heavy (non-hydrogen) atoms. The molecular formula is C15H16N4O2S. The highest BCUT2D eigenvalue weighted by molar-refractivity contribution is 7.07. The highest BCUT2D eigenvalue weighted by atomic mass is 32.1. The van der Waals surface area contributed by atoms with E-state index in [9.17, 15) is 9.90 Å². The molecule has 0 aromatic carbocycles. The summed E-state index contributed by atoms with van der Waals surface area (Å²) in [4.78, 5) is 12.4. The summed E-state index contributed by atoms with van der Waals surface area (Å²) in [6, 6.07) is 5.61. The van der Waals surface area contributed by atoms with Crippen molar-refractivity contribution < 1.29 is 9.90 Å². The van der Waals surface area contributed by atoms with Gasteiger partial charge in [0, 0.05) is 26.0 Å². The summed E-state index contributed by atoms with van der Waals surface area (Å²) in [6.45, 7) is 0.162. The third-order valence-electron chi connectivity index (χ3n) is 3.39. The summed E-state index contributed by atoms with van der Waals surface area (Å²) in [5.41, 5.74) is 1.28. The number of carbonyl (C=O) groups is 1. The second kappa shape index (κ2) is 6.17. The molecule has 2 N–H and O–H groups in total. The van der Waals surface area contributed by atoms with Gasteiger partial charge in [-0.2, -0.15) is 16.4 Å². The van der Waals surface area contributed by atoms with Gasteiger partial charge < -0.3 is 15.0 Å². The quantitative estimate of drug-likeness (QED) is 0.753. The van der Waals surface area contributed by atoms with Gasteiger partial charge >= 0.3 is 0 Å². The van der Waals surface area contributed by atoms with E-state index < -0.39 is 6.10 Å². The van der Waals surface area contributed by atoms with Crippen LogP contribution in [0.15, 0.2) is 47.5 Å². The van der Waals surface area contributed by atoms with Gasteiger partial charge in [-0.15, -0.1) is 0 Å². The SMILES string of the molecule is Cn1ncc(C(=O)NC[C@@H](O)c2ccsc2)c1-n1cccc1. The standard InChI is InChI=1S/C15H16N4O2S/c1-18-15(19-5-2-3-6-19)12(8-17-18)14(21)16-9-13(20)11-4-7-22-10-11/h2-8,10,13,20H,9H2,1H3,(H,16,21)/t13-/m1/s1. The van der Waals surface area contributed by atoms with Gasteiger partial charge in [0.1, 0.15) is 11.4 Å². The van der Waals surface area contributed by atoms with Crippen LogP contribution < -0.4 is 5.32 Å². The van der Waals surface area contributed by atoms with Crippen LogP contribution in [0.5, 0.6) is 0 Å². The molecule has 3 aromatic heterocycles. The first-order valence-corrected chi connectivity index (χ1v) is 7.75. The number of nitrogens with zero attached hydrogens (tertiary/aromatic N) is 3. The predicted octanol–water partition coefficient (Wildman–Crippen LogP) is 1.74. The van der Waals surface area contributed by atoms with E-state index in [1.807, 2.05) is 45.9 Å². The molecule has 1 atom stereocenters. The lowest BCUT2D eigenvalue weighted by Crippen LogP contribution is -2.29. The Morgan fingerprint density at radius 1 is 1.45 bits per heavy atom. The van der Waals surface area contributed by atoms with E-state index in [0.717, 1.165) is 5.56 Å². The molecule has 0 saturated heterocycles. The second-order valence-electron chi connectivity index (χ2n) is 4.88. The summed E-state index contributed by atoms with van der Waals surface area (Å²) in [7, 11) is 1.78. The van der Waals surface area contributed by atoms with Crippen LogP contribution in [-0.4, -0.2) is 31.9 Å². The third kappa shape index (κ3) is 2.81. The Labute approximate surface area is 131 Å². The maximum absolute atomic E-state index is 12.4. The number of aliphatic hydroxyl groups is 1. The van der Waals surface area contributed by atoms with Crippen LogP contribution in [-0.2, 0) is 7.05 Å². The zero-order valence-electron chi connectivity index (χ0n) is 12.0. The molecule has 7 heteroatoms. The van der Waals surface area contributed by atoms with Crippen LogP contribution in [0.3, 0.4) is 0 Å². The van der Waals surface area contributed by atoms with Gasteiger partial charge in [-0.1, -0.05) is 0 Å². The first kappa shape index (κ1) is 14.6. The van der Waals surface area contributed by atoms with E-state index in [0.29, 0.717) is 11.4 Å². The van der Waals surface area contributed by atoms with Crippen LogP contribution in [0, 0.1) is 0 Å². The molecule has 0 aliphatic rings. The molecule has 3 heterocycles. The fraction of sp³-hybridized carbons (Fsp3) is 0.200. The summed E-state index contributed by atoms with van der Waals surface area (Å²) in [6.07, 6.45) is 4.53. The Hall–Kier alpha value is -2.38. The number of aliphatic hydroxyl groups excluding tert-OH is 1. The van der Waals surface area contributed by atoms with Crippen molar-refractivity contribution in [1.82, 2.24) is 19.7 Å². The minimum Gasteiger partial charge on any atom is -0.387 e. The lowest BCUT2D eigenvalue weighted by atomic mass is 10.2.